The first-order chi connectivity index (χ1) is 11.7. The van der Waals surface area contributed by atoms with E-state index >= 15 is 0 Å². The smallest absolute Gasteiger partial charge is 0.236 e. The molecule has 0 aromatic carbocycles. The van der Waals surface area contributed by atoms with Gasteiger partial charge in [0.1, 0.15) is 24.2 Å². The molecule has 1 aliphatic carbocycles. The molecule has 0 spiro atoms. The molecule has 3 atom stereocenters. The molecule has 1 amide bonds. The fourth-order valence-electron chi connectivity index (χ4n) is 4.28. The first-order valence-corrected chi connectivity index (χ1v) is 8.33. The summed E-state index contributed by atoms with van der Waals surface area (Å²) in [7, 11) is 2.10. The minimum absolute atomic E-state index is 0.00478. The fraction of sp³-hybridized carbons (Fsp3) is 0.529. The van der Waals surface area contributed by atoms with Crippen molar-refractivity contribution >= 4 is 22.8 Å². The predicted molar refractivity (Wildman–Crippen MR) is 89.1 cm³/mol. The van der Waals surface area contributed by atoms with Gasteiger partial charge in [-0.2, -0.15) is 5.26 Å². The van der Waals surface area contributed by atoms with Gasteiger partial charge in [0, 0.05) is 32.4 Å². The van der Waals surface area contributed by atoms with Crippen LogP contribution >= 0.6 is 0 Å². The van der Waals surface area contributed by atoms with Crippen molar-refractivity contribution in [3.05, 3.63) is 18.6 Å². The third-order valence-corrected chi connectivity index (χ3v) is 5.52. The number of fused-ring (bicyclic) bond motifs is 2. The molecule has 1 saturated carbocycles. The van der Waals surface area contributed by atoms with Crippen molar-refractivity contribution in [3.8, 4) is 6.07 Å². The SMILES string of the molecule is CN(c1ncnc2[nH]ccc12)[C@H]1CC2CN(C(=O)CC#N)C[C@@H]2C1. The Hall–Kier alpha value is -2.62. The molecule has 1 unspecified atom stereocenters. The molecule has 1 saturated heterocycles. The summed E-state index contributed by atoms with van der Waals surface area (Å²) in [6.45, 7) is 1.58. The van der Waals surface area contributed by atoms with Crippen molar-refractivity contribution < 1.29 is 4.79 Å². The highest BCUT2D eigenvalue weighted by molar-refractivity contribution is 5.87. The molecule has 7 heteroatoms. The van der Waals surface area contributed by atoms with Gasteiger partial charge in [-0.15, -0.1) is 0 Å². The van der Waals surface area contributed by atoms with Crippen LogP contribution in [0.3, 0.4) is 0 Å². The number of likely N-dealkylation sites (tertiary alicyclic amines) is 1. The molecule has 2 aliphatic rings. The minimum Gasteiger partial charge on any atom is -0.356 e. The third-order valence-electron chi connectivity index (χ3n) is 5.52. The maximum atomic E-state index is 11.9. The fourth-order valence-corrected chi connectivity index (χ4v) is 4.28. The van der Waals surface area contributed by atoms with E-state index in [4.69, 9.17) is 5.26 Å². The van der Waals surface area contributed by atoms with Crippen LogP contribution in [0, 0.1) is 23.2 Å². The van der Waals surface area contributed by atoms with Gasteiger partial charge in [-0.25, -0.2) is 9.97 Å². The van der Waals surface area contributed by atoms with Crippen LogP contribution in [-0.2, 0) is 4.79 Å². The number of amides is 1. The molecule has 0 radical (unpaired) electrons. The molecule has 1 aliphatic heterocycles. The zero-order chi connectivity index (χ0) is 16.7. The van der Waals surface area contributed by atoms with E-state index in [1.165, 1.54) is 0 Å². The van der Waals surface area contributed by atoms with E-state index in [9.17, 15) is 4.79 Å². The van der Waals surface area contributed by atoms with E-state index in [0.717, 1.165) is 42.8 Å². The molecule has 24 heavy (non-hydrogen) atoms. The number of rotatable bonds is 3. The Morgan fingerprint density at radius 1 is 1.42 bits per heavy atom. The number of nitrogens with zero attached hydrogens (tertiary/aromatic N) is 5. The number of nitrogens with one attached hydrogen (secondary N) is 1. The zero-order valence-electron chi connectivity index (χ0n) is 13.6. The van der Waals surface area contributed by atoms with Gasteiger partial charge in [0.05, 0.1) is 11.5 Å². The molecule has 3 heterocycles. The number of aromatic amines is 1. The lowest BCUT2D eigenvalue weighted by molar-refractivity contribution is -0.129. The Balaban J connectivity index is 1.46. The van der Waals surface area contributed by atoms with Crippen molar-refractivity contribution in [2.24, 2.45) is 11.8 Å². The highest BCUT2D eigenvalue weighted by Gasteiger charge is 2.43. The predicted octanol–water partition coefficient (Wildman–Crippen LogP) is 1.54. The molecule has 1 N–H and O–H groups in total. The number of H-pyrrole nitrogens is 1. The van der Waals surface area contributed by atoms with Crippen LogP contribution in [0.5, 0.6) is 0 Å². The van der Waals surface area contributed by atoms with Gasteiger partial charge in [-0.1, -0.05) is 0 Å². The number of hydrogen-bond donors (Lipinski definition) is 1. The zero-order valence-corrected chi connectivity index (χ0v) is 13.6. The second kappa shape index (κ2) is 5.78. The van der Waals surface area contributed by atoms with Gasteiger partial charge >= 0.3 is 0 Å². The van der Waals surface area contributed by atoms with Crippen LogP contribution in [0.25, 0.3) is 11.0 Å². The first-order valence-electron chi connectivity index (χ1n) is 8.33. The lowest BCUT2D eigenvalue weighted by atomic mass is 10.0. The molecule has 7 nitrogen and oxygen atoms in total. The first kappa shape index (κ1) is 14.9. The Morgan fingerprint density at radius 3 is 2.88 bits per heavy atom. The summed E-state index contributed by atoms with van der Waals surface area (Å²) in [5.74, 6) is 2.00. The summed E-state index contributed by atoms with van der Waals surface area (Å²) < 4.78 is 0. The van der Waals surface area contributed by atoms with E-state index in [1.54, 1.807) is 6.33 Å². The lowest BCUT2D eigenvalue weighted by Gasteiger charge is -2.27. The summed E-state index contributed by atoms with van der Waals surface area (Å²) in [4.78, 5) is 27.9. The number of carbonyl (C=O) groups is 1. The van der Waals surface area contributed by atoms with Gasteiger partial charge in [-0.05, 0) is 30.7 Å². The van der Waals surface area contributed by atoms with Gasteiger partial charge < -0.3 is 14.8 Å². The van der Waals surface area contributed by atoms with Crippen LogP contribution < -0.4 is 4.90 Å². The van der Waals surface area contributed by atoms with E-state index in [-0.39, 0.29) is 12.3 Å². The quantitative estimate of drug-likeness (QED) is 0.925. The highest BCUT2D eigenvalue weighted by Crippen LogP contribution is 2.41. The van der Waals surface area contributed by atoms with Gasteiger partial charge in [-0.3, -0.25) is 4.79 Å². The van der Waals surface area contributed by atoms with Crippen molar-refractivity contribution in [3.63, 3.8) is 0 Å². The Morgan fingerprint density at radius 2 is 2.17 bits per heavy atom. The molecule has 2 aromatic rings. The largest absolute Gasteiger partial charge is 0.356 e. The van der Waals surface area contributed by atoms with E-state index < -0.39 is 0 Å². The van der Waals surface area contributed by atoms with Crippen molar-refractivity contribution in [1.82, 2.24) is 19.9 Å². The highest BCUT2D eigenvalue weighted by atomic mass is 16.2. The molecule has 124 valence electrons. The van der Waals surface area contributed by atoms with Crippen molar-refractivity contribution in [2.75, 3.05) is 25.0 Å². The number of anilines is 1. The second-order valence-electron chi connectivity index (χ2n) is 6.83. The van der Waals surface area contributed by atoms with Crippen LogP contribution in [0.4, 0.5) is 5.82 Å². The van der Waals surface area contributed by atoms with Crippen LogP contribution in [0.1, 0.15) is 19.3 Å². The molecule has 2 fully saturated rings. The Kier molecular flexibility index (Phi) is 3.60. The number of hydrogen-bond acceptors (Lipinski definition) is 5. The van der Waals surface area contributed by atoms with Crippen molar-refractivity contribution in [1.29, 1.82) is 5.26 Å². The van der Waals surface area contributed by atoms with Crippen LogP contribution in [0.2, 0.25) is 0 Å². The van der Waals surface area contributed by atoms with Crippen LogP contribution in [-0.4, -0.2) is 51.9 Å². The van der Waals surface area contributed by atoms with Gasteiger partial charge in [0.15, 0.2) is 0 Å². The van der Waals surface area contributed by atoms with Crippen LogP contribution in [0.15, 0.2) is 18.6 Å². The summed E-state index contributed by atoms with van der Waals surface area (Å²) in [6.07, 6.45) is 5.61. The summed E-state index contributed by atoms with van der Waals surface area (Å²) in [5, 5.41) is 9.74. The molecular formula is C17H20N6O. The monoisotopic (exact) mass is 324 g/mol. The lowest BCUT2D eigenvalue weighted by Crippen LogP contribution is -2.34. The maximum absolute atomic E-state index is 11.9. The summed E-state index contributed by atoms with van der Waals surface area (Å²) in [6, 6.07) is 4.40. The number of nitriles is 1. The van der Waals surface area contributed by atoms with Crippen molar-refractivity contribution in [2.45, 2.75) is 25.3 Å². The number of carbonyl (C=O) groups excluding carboxylic acids is 1. The third kappa shape index (κ3) is 2.39. The van der Waals surface area contributed by atoms with E-state index in [1.807, 2.05) is 23.2 Å². The second-order valence-corrected chi connectivity index (χ2v) is 6.83. The topological polar surface area (TPSA) is 88.9 Å². The molecule has 2 aromatic heterocycles. The Bertz CT molecular complexity index is 795. The number of aromatic nitrogens is 3. The standard InChI is InChI=1S/C17H20N6O/c1-22(17-14-3-5-19-16(14)20-10-21-17)13-6-11-8-23(9-12(11)7-13)15(24)2-4-18/h3,5,10-13H,2,6-9H2,1H3,(H,19,20,21)/t11-,12?,13+/m0/s1. The summed E-state index contributed by atoms with van der Waals surface area (Å²) >= 11 is 0. The molecule has 4 rings (SSSR count). The minimum atomic E-state index is -0.0263. The normalized spacial score (nSPS) is 25.7. The summed E-state index contributed by atoms with van der Waals surface area (Å²) in [5.41, 5.74) is 0.860. The average Bonchev–Trinajstić information content (AvgIpc) is 3.27. The molecule has 0 bridgehead atoms. The Labute approximate surface area is 140 Å². The maximum Gasteiger partial charge on any atom is 0.236 e. The molecular weight excluding hydrogens is 304 g/mol. The van der Waals surface area contributed by atoms with Gasteiger partial charge in [0.2, 0.25) is 5.91 Å². The van der Waals surface area contributed by atoms with E-state index in [2.05, 4.69) is 26.9 Å². The van der Waals surface area contributed by atoms with Gasteiger partial charge in [0.25, 0.3) is 0 Å². The van der Waals surface area contributed by atoms with E-state index in [0.29, 0.717) is 17.9 Å². The average molecular weight is 324 g/mol.